The monoisotopic (exact) mass is 505 g/mol. The van der Waals surface area contributed by atoms with E-state index in [9.17, 15) is 9.90 Å². The summed E-state index contributed by atoms with van der Waals surface area (Å²) in [5.41, 5.74) is 3.32. The second-order valence-corrected chi connectivity index (χ2v) is 9.85. The van der Waals surface area contributed by atoms with Crippen LogP contribution in [0.15, 0.2) is 42.5 Å². The molecule has 1 aliphatic rings. The van der Waals surface area contributed by atoms with E-state index < -0.39 is 12.1 Å². The van der Waals surface area contributed by atoms with Gasteiger partial charge in [-0.15, -0.1) is 0 Å². The summed E-state index contributed by atoms with van der Waals surface area (Å²) in [6, 6.07) is 11.9. The lowest BCUT2D eigenvalue weighted by Crippen LogP contribution is -2.49. The van der Waals surface area contributed by atoms with Crippen molar-refractivity contribution in [3.8, 4) is 5.75 Å². The smallest absolute Gasteiger partial charge is 0.328 e. The fraction of sp³-hybridized carbons (Fsp3) is 0.444. The molecule has 0 aromatic heterocycles. The summed E-state index contributed by atoms with van der Waals surface area (Å²) in [6.07, 6.45) is 6.88. The fourth-order valence-electron chi connectivity index (χ4n) is 4.74. The molecule has 1 atom stereocenters. The Hall–Kier alpha value is -2.05. The number of carboxylic acid groups (broad SMARTS) is 1. The van der Waals surface area contributed by atoms with Gasteiger partial charge in [-0.25, -0.2) is 4.79 Å². The SMILES string of the molecule is CCC(CC)(CC1Cc2ccccc2C1)NC[C@@H](O)COc1cc(Cl)c(Cl)c(/C=C/C(=O)O)c1. The molecular weight excluding hydrogens is 473 g/mol. The summed E-state index contributed by atoms with van der Waals surface area (Å²) in [5.74, 6) is -0.0667. The molecule has 3 N–H and O–H groups in total. The fourth-order valence-corrected chi connectivity index (χ4v) is 5.13. The van der Waals surface area contributed by atoms with Gasteiger partial charge >= 0.3 is 5.97 Å². The lowest BCUT2D eigenvalue weighted by Gasteiger charge is -2.36. The number of rotatable bonds is 12. The minimum absolute atomic E-state index is 0.0356. The minimum Gasteiger partial charge on any atom is -0.491 e. The van der Waals surface area contributed by atoms with Crippen LogP contribution in [-0.4, -0.2) is 41.0 Å². The third-order valence-electron chi connectivity index (χ3n) is 6.76. The number of halogens is 2. The molecule has 0 saturated heterocycles. The van der Waals surface area contributed by atoms with Crippen LogP contribution in [0.2, 0.25) is 10.0 Å². The van der Waals surface area contributed by atoms with Crippen LogP contribution in [0.25, 0.3) is 6.08 Å². The highest BCUT2D eigenvalue weighted by atomic mass is 35.5. The van der Waals surface area contributed by atoms with E-state index in [0.717, 1.165) is 38.2 Å². The molecule has 2 aromatic carbocycles. The molecule has 0 spiro atoms. The average Bonchev–Trinajstić information content (AvgIpc) is 3.23. The summed E-state index contributed by atoms with van der Waals surface area (Å²) in [6.45, 7) is 4.88. The molecule has 0 amide bonds. The molecule has 184 valence electrons. The third-order valence-corrected chi connectivity index (χ3v) is 7.58. The summed E-state index contributed by atoms with van der Waals surface area (Å²) in [7, 11) is 0. The molecule has 0 fully saturated rings. The lowest BCUT2D eigenvalue weighted by atomic mass is 9.81. The molecular formula is C27H33Cl2NO4. The number of ether oxygens (including phenoxy) is 1. The van der Waals surface area contributed by atoms with Crippen molar-refractivity contribution < 1.29 is 19.7 Å². The number of aliphatic hydroxyl groups is 1. The molecule has 0 aliphatic heterocycles. The van der Waals surface area contributed by atoms with Gasteiger partial charge in [0.2, 0.25) is 0 Å². The number of nitrogens with one attached hydrogen (secondary N) is 1. The Bertz CT molecular complexity index is 995. The second-order valence-electron chi connectivity index (χ2n) is 9.06. The zero-order valence-electron chi connectivity index (χ0n) is 19.7. The van der Waals surface area contributed by atoms with Gasteiger partial charge in [0.15, 0.2) is 0 Å². The quantitative estimate of drug-likeness (QED) is 0.318. The van der Waals surface area contributed by atoms with Gasteiger partial charge in [-0.05, 0) is 66.9 Å². The maximum Gasteiger partial charge on any atom is 0.328 e. The maximum absolute atomic E-state index is 10.8. The Labute approximate surface area is 211 Å². The van der Waals surface area contributed by atoms with E-state index in [1.807, 2.05) is 0 Å². The van der Waals surface area contributed by atoms with Crippen molar-refractivity contribution in [1.29, 1.82) is 0 Å². The molecule has 2 aromatic rings. The normalized spacial score (nSPS) is 15.0. The van der Waals surface area contributed by atoms with Crippen LogP contribution in [-0.2, 0) is 17.6 Å². The number of carbonyl (C=O) groups is 1. The van der Waals surface area contributed by atoms with Gasteiger partial charge in [-0.2, -0.15) is 0 Å². The standard InChI is InChI=1S/C27H33Cl2NO4/c1-3-27(4-2,15-18-11-19-7-5-6-8-20(19)12-18)30-16-22(31)17-34-23-13-21(9-10-25(32)33)26(29)24(28)14-23/h5-10,13-14,18,22,30-31H,3-4,11-12,15-17H2,1-2H3,(H,32,33)/b10-9+/t22-/m1/s1. The van der Waals surface area contributed by atoms with E-state index >= 15 is 0 Å². The second kappa shape index (κ2) is 12.1. The Morgan fingerprint density at radius 3 is 2.44 bits per heavy atom. The van der Waals surface area contributed by atoms with Crippen molar-refractivity contribution >= 4 is 35.2 Å². The molecule has 7 heteroatoms. The van der Waals surface area contributed by atoms with Crippen molar-refractivity contribution in [3.05, 3.63) is 69.2 Å². The van der Waals surface area contributed by atoms with Gasteiger partial charge in [-0.1, -0.05) is 61.3 Å². The number of aliphatic hydroxyl groups excluding tert-OH is 1. The number of benzene rings is 2. The molecule has 0 radical (unpaired) electrons. The highest BCUT2D eigenvalue weighted by Gasteiger charge is 2.32. The molecule has 3 rings (SSSR count). The molecule has 34 heavy (non-hydrogen) atoms. The Balaban J connectivity index is 1.55. The number of carboxylic acids is 1. The average molecular weight is 506 g/mol. The summed E-state index contributed by atoms with van der Waals surface area (Å²) in [5, 5.41) is 23.6. The van der Waals surface area contributed by atoms with Gasteiger partial charge in [0, 0.05) is 24.2 Å². The van der Waals surface area contributed by atoms with Crippen LogP contribution in [0.4, 0.5) is 0 Å². The molecule has 0 heterocycles. The molecule has 5 nitrogen and oxygen atoms in total. The van der Waals surface area contributed by atoms with Crippen LogP contribution in [0.5, 0.6) is 5.75 Å². The molecule has 0 unspecified atom stereocenters. The van der Waals surface area contributed by atoms with Crippen LogP contribution in [0.3, 0.4) is 0 Å². The van der Waals surface area contributed by atoms with Gasteiger partial charge in [0.25, 0.3) is 0 Å². The number of hydrogen-bond acceptors (Lipinski definition) is 4. The Morgan fingerprint density at radius 1 is 1.21 bits per heavy atom. The first-order valence-electron chi connectivity index (χ1n) is 11.8. The lowest BCUT2D eigenvalue weighted by molar-refractivity contribution is -0.131. The Morgan fingerprint density at radius 2 is 1.85 bits per heavy atom. The Kier molecular flexibility index (Phi) is 9.43. The minimum atomic E-state index is -1.09. The van der Waals surface area contributed by atoms with Gasteiger partial charge in [0.1, 0.15) is 18.5 Å². The van der Waals surface area contributed by atoms with E-state index in [1.165, 1.54) is 17.2 Å². The molecule has 0 bridgehead atoms. The van der Waals surface area contributed by atoms with Crippen LogP contribution in [0.1, 0.15) is 49.8 Å². The van der Waals surface area contributed by atoms with Crippen molar-refractivity contribution in [1.82, 2.24) is 5.32 Å². The van der Waals surface area contributed by atoms with Gasteiger partial charge in [0.05, 0.1) is 10.0 Å². The topological polar surface area (TPSA) is 78.8 Å². The first-order chi connectivity index (χ1) is 16.2. The first kappa shape index (κ1) is 26.6. The summed E-state index contributed by atoms with van der Waals surface area (Å²) in [4.78, 5) is 10.8. The van der Waals surface area contributed by atoms with Crippen LogP contribution < -0.4 is 10.1 Å². The third kappa shape index (κ3) is 6.98. The van der Waals surface area contributed by atoms with Crippen LogP contribution in [0, 0.1) is 5.92 Å². The van der Waals surface area contributed by atoms with Crippen molar-refractivity contribution in [2.24, 2.45) is 5.92 Å². The van der Waals surface area contributed by atoms with E-state index in [-0.39, 0.29) is 22.2 Å². The van der Waals surface area contributed by atoms with Crippen molar-refractivity contribution in [2.45, 2.75) is 57.6 Å². The maximum atomic E-state index is 10.8. The molecule has 0 saturated carbocycles. The number of β-amino-alcohol motifs (C(OH)–C–C–N with tert-alkyl or cyclic N) is 1. The number of hydrogen-bond donors (Lipinski definition) is 3. The predicted molar refractivity (Wildman–Crippen MR) is 138 cm³/mol. The van der Waals surface area contributed by atoms with Gasteiger partial charge < -0.3 is 20.3 Å². The zero-order chi connectivity index (χ0) is 24.7. The largest absolute Gasteiger partial charge is 0.491 e. The predicted octanol–water partition coefficient (Wildman–Crippen LogP) is 5.78. The number of aliphatic carboxylic acids is 1. The highest BCUT2D eigenvalue weighted by molar-refractivity contribution is 6.43. The number of fused-ring (bicyclic) bond motifs is 1. The highest BCUT2D eigenvalue weighted by Crippen LogP contribution is 2.35. The first-order valence-corrected chi connectivity index (χ1v) is 12.5. The van der Waals surface area contributed by atoms with Crippen molar-refractivity contribution in [2.75, 3.05) is 13.2 Å². The van der Waals surface area contributed by atoms with Crippen LogP contribution >= 0.6 is 23.2 Å². The molecule has 1 aliphatic carbocycles. The van der Waals surface area contributed by atoms with Gasteiger partial charge in [-0.3, -0.25) is 0 Å². The van der Waals surface area contributed by atoms with Crippen molar-refractivity contribution in [3.63, 3.8) is 0 Å². The zero-order valence-corrected chi connectivity index (χ0v) is 21.2. The van der Waals surface area contributed by atoms with E-state index in [0.29, 0.717) is 23.8 Å². The summed E-state index contributed by atoms with van der Waals surface area (Å²) >= 11 is 12.3. The van der Waals surface area contributed by atoms with E-state index in [2.05, 4.69) is 43.4 Å². The summed E-state index contributed by atoms with van der Waals surface area (Å²) < 4.78 is 5.74. The van der Waals surface area contributed by atoms with E-state index in [4.69, 9.17) is 33.0 Å². The van der Waals surface area contributed by atoms with E-state index in [1.54, 1.807) is 12.1 Å².